The van der Waals surface area contributed by atoms with Gasteiger partial charge in [-0.3, -0.25) is 0 Å². The first-order valence-corrected chi connectivity index (χ1v) is 4.47. The third-order valence-electron chi connectivity index (χ3n) is 1.61. The minimum atomic E-state index is -2.70. The van der Waals surface area contributed by atoms with E-state index >= 15 is 0 Å². The van der Waals surface area contributed by atoms with Gasteiger partial charge in [-0.1, -0.05) is 0 Å². The highest BCUT2D eigenvalue weighted by atomic mass is 79.9. The van der Waals surface area contributed by atoms with Crippen LogP contribution in [0.15, 0.2) is 10.7 Å². The third-order valence-corrected chi connectivity index (χ3v) is 2.19. The molecular weight excluding hydrogens is 256 g/mol. The van der Waals surface area contributed by atoms with Crippen LogP contribution in [0.2, 0.25) is 0 Å². The number of aromatic nitrogens is 1. The smallest absolute Gasteiger partial charge is 0.265 e. The number of nitriles is 1. The fraction of sp³-hybridized carbons (Fsp3) is 0.250. The highest BCUT2D eigenvalue weighted by Gasteiger charge is 2.17. The minimum absolute atomic E-state index is 0.0596. The van der Waals surface area contributed by atoms with Crippen molar-refractivity contribution in [1.82, 2.24) is 4.98 Å². The van der Waals surface area contributed by atoms with Crippen molar-refractivity contribution in [2.24, 2.45) is 5.73 Å². The van der Waals surface area contributed by atoms with Crippen molar-refractivity contribution in [2.75, 3.05) is 0 Å². The zero-order valence-corrected chi connectivity index (χ0v) is 8.55. The number of hydrogen-bond donors (Lipinski definition) is 1. The van der Waals surface area contributed by atoms with E-state index in [4.69, 9.17) is 11.0 Å². The molecule has 0 aliphatic rings. The van der Waals surface area contributed by atoms with Crippen molar-refractivity contribution in [2.45, 2.75) is 13.0 Å². The first-order valence-electron chi connectivity index (χ1n) is 3.67. The number of nitrogens with two attached hydrogens (primary N) is 1. The normalized spacial score (nSPS) is 10.3. The van der Waals surface area contributed by atoms with E-state index in [1.807, 2.05) is 0 Å². The molecule has 0 radical (unpaired) electrons. The van der Waals surface area contributed by atoms with Gasteiger partial charge in [0.05, 0.1) is 11.3 Å². The average molecular weight is 262 g/mol. The molecule has 2 N–H and O–H groups in total. The molecule has 3 nitrogen and oxygen atoms in total. The summed E-state index contributed by atoms with van der Waals surface area (Å²) in [7, 11) is 0. The maximum Gasteiger partial charge on any atom is 0.265 e. The van der Waals surface area contributed by atoms with E-state index in [-0.39, 0.29) is 22.3 Å². The second-order valence-electron chi connectivity index (χ2n) is 2.49. The fourth-order valence-corrected chi connectivity index (χ4v) is 1.52. The molecule has 1 heterocycles. The number of nitrogens with zero attached hydrogens (tertiary/aromatic N) is 2. The highest BCUT2D eigenvalue weighted by Crippen LogP contribution is 2.27. The molecule has 0 fully saturated rings. The predicted octanol–water partition coefficient (Wildman–Crippen LogP) is 2.11. The molecule has 0 saturated carbocycles. The maximum atomic E-state index is 12.5. The van der Waals surface area contributed by atoms with Crippen molar-refractivity contribution in [1.29, 1.82) is 5.26 Å². The van der Waals surface area contributed by atoms with Crippen molar-refractivity contribution >= 4 is 15.9 Å². The van der Waals surface area contributed by atoms with Gasteiger partial charge in [-0.25, -0.2) is 13.8 Å². The molecule has 1 rings (SSSR count). The lowest BCUT2D eigenvalue weighted by Gasteiger charge is -2.06. The summed E-state index contributed by atoms with van der Waals surface area (Å²) >= 11 is 2.94. The zero-order valence-electron chi connectivity index (χ0n) is 6.97. The van der Waals surface area contributed by atoms with Gasteiger partial charge in [0.1, 0.15) is 10.7 Å². The van der Waals surface area contributed by atoms with Crippen LogP contribution in [0, 0.1) is 11.3 Å². The van der Waals surface area contributed by atoms with Gasteiger partial charge in [0, 0.05) is 12.1 Å². The van der Waals surface area contributed by atoms with E-state index in [2.05, 4.69) is 20.9 Å². The van der Waals surface area contributed by atoms with Gasteiger partial charge in [-0.15, -0.1) is 0 Å². The fourth-order valence-electron chi connectivity index (χ4n) is 0.972. The van der Waals surface area contributed by atoms with Crippen molar-refractivity contribution < 1.29 is 8.78 Å². The molecule has 14 heavy (non-hydrogen) atoms. The predicted molar refractivity (Wildman–Crippen MR) is 49.5 cm³/mol. The Morgan fingerprint density at radius 3 is 2.71 bits per heavy atom. The lowest BCUT2D eigenvalue weighted by molar-refractivity contribution is 0.150. The molecule has 0 atom stereocenters. The SMILES string of the molecule is N#Cc1c(C(F)F)cc(CN)nc1Br. The third kappa shape index (κ3) is 2.05. The van der Waals surface area contributed by atoms with Crippen LogP contribution in [0.1, 0.15) is 23.2 Å². The summed E-state index contributed by atoms with van der Waals surface area (Å²) in [5, 5.41) is 8.63. The van der Waals surface area contributed by atoms with Crippen molar-refractivity contribution in [3.63, 3.8) is 0 Å². The molecule has 0 unspecified atom stereocenters. The zero-order chi connectivity index (χ0) is 10.7. The van der Waals surface area contributed by atoms with Gasteiger partial charge in [0.25, 0.3) is 6.43 Å². The molecule has 0 aliphatic carbocycles. The quantitative estimate of drug-likeness (QED) is 0.830. The summed E-state index contributed by atoms with van der Waals surface area (Å²) in [6.45, 7) is 0.0596. The summed E-state index contributed by atoms with van der Waals surface area (Å²) < 4.78 is 25.1. The van der Waals surface area contributed by atoms with Crippen LogP contribution in [0.5, 0.6) is 0 Å². The second kappa shape index (κ2) is 4.44. The molecule has 6 heteroatoms. The Hall–Kier alpha value is -1.06. The number of halogens is 3. The molecule has 0 aliphatic heterocycles. The van der Waals surface area contributed by atoms with Gasteiger partial charge in [0.15, 0.2) is 0 Å². The lowest BCUT2D eigenvalue weighted by Crippen LogP contribution is -2.04. The summed E-state index contributed by atoms with van der Waals surface area (Å²) in [6, 6.07) is 2.81. The average Bonchev–Trinajstić information content (AvgIpc) is 2.16. The van der Waals surface area contributed by atoms with E-state index in [1.165, 1.54) is 0 Å². The number of pyridine rings is 1. The topological polar surface area (TPSA) is 62.7 Å². The van der Waals surface area contributed by atoms with E-state index in [1.54, 1.807) is 6.07 Å². The Balaban J connectivity index is 3.37. The van der Waals surface area contributed by atoms with Crippen LogP contribution >= 0.6 is 15.9 Å². The van der Waals surface area contributed by atoms with Gasteiger partial charge in [-0.2, -0.15) is 5.26 Å². The summed E-state index contributed by atoms with van der Waals surface area (Å²) in [4.78, 5) is 3.84. The van der Waals surface area contributed by atoms with Gasteiger partial charge in [-0.05, 0) is 22.0 Å². The van der Waals surface area contributed by atoms with Gasteiger partial charge >= 0.3 is 0 Å². The van der Waals surface area contributed by atoms with Crippen molar-refractivity contribution in [3.05, 3.63) is 27.5 Å². The molecule has 0 saturated heterocycles. The maximum absolute atomic E-state index is 12.5. The standard InChI is InChI=1S/C8H6BrF2N3/c9-7-6(3-13)5(8(10)11)1-4(2-12)14-7/h1,8H,2,12H2. The Kier molecular flexibility index (Phi) is 3.49. The number of hydrogen-bond acceptors (Lipinski definition) is 3. The second-order valence-corrected chi connectivity index (χ2v) is 3.24. The van der Waals surface area contributed by atoms with E-state index < -0.39 is 6.43 Å². The summed E-state index contributed by atoms with van der Waals surface area (Å²) in [5.41, 5.74) is 5.11. The summed E-state index contributed by atoms with van der Waals surface area (Å²) in [5.74, 6) is 0. The molecule has 0 bridgehead atoms. The van der Waals surface area contributed by atoms with E-state index in [9.17, 15) is 8.78 Å². The van der Waals surface area contributed by atoms with Crippen LogP contribution in [0.4, 0.5) is 8.78 Å². The first kappa shape index (κ1) is 11.0. The van der Waals surface area contributed by atoms with Crippen LogP contribution < -0.4 is 5.73 Å². The molecule has 1 aromatic rings. The first-order chi connectivity index (χ1) is 6.60. The Bertz CT molecular complexity index is 387. The van der Waals surface area contributed by atoms with Crippen LogP contribution in [0.3, 0.4) is 0 Å². The Morgan fingerprint density at radius 1 is 1.64 bits per heavy atom. The monoisotopic (exact) mass is 261 g/mol. The van der Waals surface area contributed by atoms with E-state index in [0.29, 0.717) is 5.69 Å². The van der Waals surface area contributed by atoms with Crippen molar-refractivity contribution in [3.8, 4) is 6.07 Å². The number of rotatable bonds is 2. The molecule has 0 spiro atoms. The van der Waals surface area contributed by atoms with Crippen LogP contribution in [0.25, 0.3) is 0 Å². The van der Waals surface area contributed by atoms with Crippen LogP contribution in [-0.2, 0) is 6.54 Å². The number of alkyl halides is 2. The summed E-state index contributed by atoms with van der Waals surface area (Å²) in [6.07, 6.45) is -2.70. The Morgan fingerprint density at radius 2 is 2.29 bits per heavy atom. The largest absolute Gasteiger partial charge is 0.325 e. The molecule has 0 aromatic carbocycles. The minimum Gasteiger partial charge on any atom is -0.325 e. The van der Waals surface area contributed by atoms with E-state index in [0.717, 1.165) is 6.07 Å². The molecular formula is C8H6BrF2N3. The van der Waals surface area contributed by atoms with Gasteiger partial charge < -0.3 is 5.73 Å². The highest BCUT2D eigenvalue weighted by molar-refractivity contribution is 9.10. The molecule has 74 valence electrons. The molecule has 1 aromatic heterocycles. The molecule has 0 amide bonds. The van der Waals surface area contributed by atoms with Crippen LogP contribution in [-0.4, -0.2) is 4.98 Å². The Labute approximate surface area is 87.7 Å². The lowest BCUT2D eigenvalue weighted by atomic mass is 10.1. The van der Waals surface area contributed by atoms with Gasteiger partial charge in [0.2, 0.25) is 0 Å².